The van der Waals surface area contributed by atoms with Crippen LogP contribution in [0.25, 0.3) is 0 Å². The Labute approximate surface area is 157 Å². The summed E-state index contributed by atoms with van der Waals surface area (Å²) in [5.74, 6) is 0.358. The van der Waals surface area contributed by atoms with Crippen LogP contribution in [0, 0.1) is 12.8 Å². The van der Waals surface area contributed by atoms with Gasteiger partial charge in [-0.05, 0) is 37.5 Å². The van der Waals surface area contributed by atoms with Gasteiger partial charge in [-0.2, -0.15) is 0 Å². The standard InChI is InChI=1S/C22H23BrO2/c1-15-9-11-16(12-10-15)20(19-7-2-3-8-21(19)24)14-22(25)17-5-4-6-18(23)13-17/h4-6,9-13,19-20H,2-3,7-8,14H2,1H3/t19-,20-/m1/s1. The maximum atomic E-state index is 12.9. The summed E-state index contributed by atoms with van der Waals surface area (Å²) in [5.41, 5.74) is 3.00. The third kappa shape index (κ3) is 4.46. The van der Waals surface area contributed by atoms with Crippen molar-refractivity contribution in [1.82, 2.24) is 0 Å². The molecule has 2 aromatic rings. The molecule has 1 aliphatic carbocycles. The Kier molecular flexibility index (Phi) is 5.85. The van der Waals surface area contributed by atoms with Gasteiger partial charge in [0.1, 0.15) is 5.78 Å². The molecule has 2 atom stereocenters. The number of Topliss-reactive ketones (excluding diaryl/α,β-unsaturated/α-hetero) is 2. The van der Waals surface area contributed by atoms with Crippen LogP contribution in [-0.2, 0) is 4.79 Å². The van der Waals surface area contributed by atoms with Gasteiger partial charge < -0.3 is 0 Å². The Morgan fingerprint density at radius 1 is 1.16 bits per heavy atom. The minimum absolute atomic E-state index is 0.0279. The van der Waals surface area contributed by atoms with Gasteiger partial charge in [-0.1, -0.05) is 64.3 Å². The third-order valence-corrected chi connectivity index (χ3v) is 5.64. The molecule has 0 spiro atoms. The van der Waals surface area contributed by atoms with Crippen molar-refractivity contribution in [3.05, 3.63) is 69.7 Å². The highest BCUT2D eigenvalue weighted by molar-refractivity contribution is 9.10. The van der Waals surface area contributed by atoms with Crippen molar-refractivity contribution in [3.8, 4) is 0 Å². The minimum atomic E-state index is -0.0347. The van der Waals surface area contributed by atoms with Crippen molar-refractivity contribution >= 4 is 27.5 Å². The zero-order valence-corrected chi connectivity index (χ0v) is 16.1. The summed E-state index contributed by atoms with van der Waals surface area (Å²) in [7, 11) is 0. The third-order valence-electron chi connectivity index (χ3n) is 5.14. The maximum Gasteiger partial charge on any atom is 0.163 e. The van der Waals surface area contributed by atoms with E-state index in [0.29, 0.717) is 24.2 Å². The lowest BCUT2D eigenvalue weighted by atomic mass is 9.73. The number of carbonyl (C=O) groups is 2. The number of hydrogen-bond acceptors (Lipinski definition) is 2. The van der Waals surface area contributed by atoms with E-state index in [1.807, 2.05) is 24.3 Å². The molecule has 0 amide bonds. The summed E-state index contributed by atoms with van der Waals surface area (Å²) in [5, 5.41) is 0. The normalized spacial score (nSPS) is 18.8. The highest BCUT2D eigenvalue weighted by Gasteiger charge is 2.32. The molecule has 0 unspecified atom stereocenters. The summed E-state index contributed by atoms with van der Waals surface area (Å²) in [6.45, 7) is 2.05. The fraction of sp³-hybridized carbons (Fsp3) is 0.364. The van der Waals surface area contributed by atoms with Crippen molar-refractivity contribution in [2.45, 2.75) is 44.9 Å². The molecule has 0 saturated heterocycles. The highest BCUT2D eigenvalue weighted by Crippen LogP contribution is 2.37. The van der Waals surface area contributed by atoms with Crippen LogP contribution in [-0.4, -0.2) is 11.6 Å². The molecule has 130 valence electrons. The van der Waals surface area contributed by atoms with E-state index in [1.165, 1.54) is 5.56 Å². The number of hydrogen-bond donors (Lipinski definition) is 0. The van der Waals surface area contributed by atoms with Crippen LogP contribution in [0.15, 0.2) is 53.0 Å². The van der Waals surface area contributed by atoms with Crippen LogP contribution in [0.1, 0.15) is 59.5 Å². The molecule has 0 bridgehead atoms. The number of benzene rings is 2. The molecule has 3 rings (SSSR count). The van der Waals surface area contributed by atoms with Gasteiger partial charge in [0, 0.05) is 34.7 Å². The summed E-state index contributed by atoms with van der Waals surface area (Å²) >= 11 is 3.43. The molecule has 1 fully saturated rings. The van der Waals surface area contributed by atoms with Crippen molar-refractivity contribution in [2.75, 3.05) is 0 Å². The summed E-state index contributed by atoms with van der Waals surface area (Å²) in [6.07, 6.45) is 3.98. The lowest BCUT2D eigenvalue weighted by Gasteiger charge is -2.29. The Bertz CT molecular complexity index is 764. The van der Waals surface area contributed by atoms with Gasteiger partial charge in [0.05, 0.1) is 0 Å². The van der Waals surface area contributed by atoms with Crippen LogP contribution >= 0.6 is 15.9 Å². The fourth-order valence-electron chi connectivity index (χ4n) is 3.72. The van der Waals surface area contributed by atoms with Gasteiger partial charge in [-0.3, -0.25) is 9.59 Å². The average Bonchev–Trinajstić information content (AvgIpc) is 2.61. The smallest absolute Gasteiger partial charge is 0.163 e. The van der Waals surface area contributed by atoms with Crippen LogP contribution in [0.5, 0.6) is 0 Å². The Morgan fingerprint density at radius 2 is 1.92 bits per heavy atom. The van der Waals surface area contributed by atoms with E-state index in [0.717, 1.165) is 29.3 Å². The van der Waals surface area contributed by atoms with Crippen LogP contribution in [0.3, 0.4) is 0 Å². The monoisotopic (exact) mass is 398 g/mol. The highest BCUT2D eigenvalue weighted by atomic mass is 79.9. The van der Waals surface area contributed by atoms with Gasteiger partial charge in [0.15, 0.2) is 5.78 Å². The second-order valence-electron chi connectivity index (χ2n) is 6.97. The Hall–Kier alpha value is -1.74. The van der Waals surface area contributed by atoms with Gasteiger partial charge in [0.25, 0.3) is 0 Å². The largest absolute Gasteiger partial charge is 0.299 e. The average molecular weight is 399 g/mol. The second-order valence-corrected chi connectivity index (χ2v) is 7.89. The molecule has 2 nitrogen and oxygen atoms in total. The Morgan fingerprint density at radius 3 is 2.60 bits per heavy atom. The fourth-order valence-corrected chi connectivity index (χ4v) is 4.12. The van der Waals surface area contributed by atoms with Crippen LogP contribution < -0.4 is 0 Å². The number of aryl methyl sites for hydroxylation is 1. The Balaban J connectivity index is 1.89. The molecule has 1 saturated carbocycles. The van der Waals surface area contributed by atoms with Gasteiger partial charge >= 0.3 is 0 Å². The minimum Gasteiger partial charge on any atom is -0.299 e. The molecule has 0 radical (unpaired) electrons. The molecule has 0 aliphatic heterocycles. The first-order valence-electron chi connectivity index (χ1n) is 8.92. The first kappa shape index (κ1) is 18.1. The summed E-state index contributed by atoms with van der Waals surface area (Å²) in [4.78, 5) is 25.4. The van der Waals surface area contributed by atoms with E-state index in [4.69, 9.17) is 0 Å². The van der Waals surface area contributed by atoms with E-state index in [-0.39, 0.29) is 17.6 Å². The molecular formula is C22H23BrO2. The van der Waals surface area contributed by atoms with Gasteiger partial charge in [-0.25, -0.2) is 0 Å². The van der Waals surface area contributed by atoms with E-state index < -0.39 is 0 Å². The lowest BCUT2D eigenvalue weighted by Crippen LogP contribution is -2.27. The van der Waals surface area contributed by atoms with Crippen LogP contribution in [0.4, 0.5) is 0 Å². The van der Waals surface area contributed by atoms with Crippen molar-refractivity contribution in [1.29, 1.82) is 0 Å². The zero-order valence-electron chi connectivity index (χ0n) is 14.5. The zero-order chi connectivity index (χ0) is 17.8. The van der Waals surface area contributed by atoms with Crippen molar-refractivity contribution in [3.63, 3.8) is 0 Å². The van der Waals surface area contributed by atoms with Gasteiger partial charge in [-0.15, -0.1) is 0 Å². The molecule has 1 aliphatic rings. The van der Waals surface area contributed by atoms with E-state index in [2.05, 4.69) is 47.1 Å². The van der Waals surface area contributed by atoms with E-state index in [1.54, 1.807) is 0 Å². The number of carbonyl (C=O) groups excluding carboxylic acids is 2. The van der Waals surface area contributed by atoms with E-state index in [9.17, 15) is 9.59 Å². The van der Waals surface area contributed by atoms with Gasteiger partial charge in [0.2, 0.25) is 0 Å². The molecule has 25 heavy (non-hydrogen) atoms. The predicted octanol–water partition coefficient (Wildman–Crippen LogP) is 5.87. The number of ketones is 2. The van der Waals surface area contributed by atoms with E-state index >= 15 is 0 Å². The number of halogens is 1. The maximum absolute atomic E-state index is 12.9. The summed E-state index contributed by atoms with van der Waals surface area (Å²) < 4.78 is 0.902. The van der Waals surface area contributed by atoms with Crippen molar-refractivity contribution < 1.29 is 9.59 Å². The SMILES string of the molecule is Cc1ccc([C@@H](CC(=O)c2cccc(Br)c2)[C@H]2CCCCC2=O)cc1. The molecule has 0 aromatic heterocycles. The lowest BCUT2D eigenvalue weighted by molar-refractivity contribution is -0.125. The molecule has 0 N–H and O–H groups in total. The molecular weight excluding hydrogens is 376 g/mol. The number of rotatable bonds is 5. The van der Waals surface area contributed by atoms with Crippen LogP contribution in [0.2, 0.25) is 0 Å². The molecule has 0 heterocycles. The molecule has 3 heteroatoms. The second kappa shape index (κ2) is 8.09. The predicted molar refractivity (Wildman–Crippen MR) is 104 cm³/mol. The quantitative estimate of drug-likeness (QED) is 0.589. The van der Waals surface area contributed by atoms with Crippen molar-refractivity contribution in [2.24, 2.45) is 5.92 Å². The first-order chi connectivity index (χ1) is 12.0. The molecule has 2 aromatic carbocycles. The topological polar surface area (TPSA) is 34.1 Å². The first-order valence-corrected chi connectivity index (χ1v) is 9.72. The summed E-state index contributed by atoms with van der Waals surface area (Å²) in [6, 6.07) is 15.8.